The molecule has 1 aromatic heterocycles. The molecule has 20 N–H and O–H groups in total. The van der Waals surface area contributed by atoms with Gasteiger partial charge in [-0.15, -0.1) is 0 Å². The first-order valence-corrected chi connectivity index (χ1v) is 33.6. The first kappa shape index (κ1) is 80.7. The number of amides is 14. The second-order valence-corrected chi connectivity index (χ2v) is 26.0. The number of nitrogens with two attached hydrogens (primary N) is 3. The van der Waals surface area contributed by atoms with Crippen LogP contribution in [0.5, 0.6) is 11.5 Å². The molecule has 14 amide bonds. The van der Waals surface area contributed by atoms with E-state index in [2.05, 4.69) is 57.8 Å². The van der Waals surface area contributed by atoms with E-state index >= 15 is 0 Å². The van der Waals surface area contributed by atoms with Crippen molar-refractivity contribution in [3.8, 4) is 11.5 Å². The van der Waals surface area contributed by atoms with Gasteiger partial charge in [0.1, 0.15) is 78.0 Å². The molecular formula is C66H91N17O20. The van der Waals surface area contributed by atoms with Crippen molar-refractivity contribution >= 4 is 94.6 Å². The van der Waals surface area contributed by atoms with Crippen LogP contribution in [0.15, 0.2) is 61.1 Å². The number of aromatic hydroxyl groups is 2. The zero-order valence-corrected chi connectivity index (χ0v) is 57.3. The number of benzene rings is 2. The Morgan fingerprint density at radius 3 is 1.53 bits per heavy atom. The van der Waals surface area contributed by atoms with Crippen molar-refractivity contribution in [2.75, 3.05) is 26.2 Å². The number of primary amides is 2. The molecule has 3 fully saturated rings. The molecule has 0 spiro atoms. The summed E-state index contributed by atoms with van der Waals surface area (Å²) in [6.45, 7) is 5.19. The summed E-state index contributed by atoms with van der Waals surface area (Å²) in [5.41, 5.74) is 18.1. The number of aromatic nitrogens is 2. The van der Waals surface area contributed by atoms with E-state index < -0.39 is 187 Å². The van der Waals surface area contributed by atoms with Crippen LogP contribution in [0.4, 0.5) is 0 Å². The fraction of sp³-hybridized carbons (Fsp3) is 0.530. The lowest BCUT2D eigenvalue weighted by Gasteiger charge is -2.35. The van der Waals surface area contributed by atoms with Gasteiger partial charge in [-0.1, -0.05) is 38.1 Å². The summed E-state index contributed by atoms with van der Waals surface area (Å²) in [5.74, 6) is -15.9. The highest BCUT2D eigenvalue weighted by molar-refractivity contribution is 6.01. The average Bonchev–Trinajstić information content (AvgIpc) is 1.66. The maximum Gasteiger partial charge on any atom is 0.325 e. The van der Waals surface area contributed by atoms with E-state index in [1.165, 1.54) is 89.6 Å². The largest absolute Gasteiger partial charge is 0.508 e. The normalized spacial score (nSPS) is 18.2. The topological polar surface area (TPSA) is 579 Å². The van der Waals surface area contributed by atoms with E-state index in [1.807, 2.05) is 0 Å². The number of aliphatic carboxylic acids is 2. The molecule has 37 nitrogen and oxygen atoms in total. The Morgan fingerprint density at radius 2 is 1.00 bits per heavy atom. The maximum atomic E-state index is 14.8. The van der Waals surface area contributed by atoms with E-state index in [9.17, 15) is 92.0 Å². The number of phenolic OH excluding ortho intramolecular Hbond substituents is 2. The van der Waals surface area contributed by atoms with Gasteiger partial charge in [-0.3, -0.25) is 76.7 Å². The van der Waals surface area contributed by atoms with Crippen molar-refractivity contribution in [1.82, 2.24) is 72.5 Å². The number of hydrogen-bond acceptors (Lipinski definition) is 20. The number of nitrogens with zero attached hydrogens (tertiary/aromatic N) is 4. The Labute approximate surface area is 591 Å². The van der Waals surface area contributed by atoms with Crippen molar-refractivity contribution in [2.24, 2.45) is 23.1 Å². The van der Waals surface area contributed by atoms with Crippen molar-refractivity contribution in [1.29, 1.82) is 0 Å². The molecule has 3 saturated heterocycles. The van der Waals surface area contributed by atoms with Gasteiger partial charge >= 0.3 is 11.9 Å². The fourth-order valence-corrected chi connectivity index (χ4v) is 12.0. The summed E-state index contributed by atoms with van der Waals surface area (Å²) in [6, 6.07) is -5.86. The number of rotatable bonds is 37. The van der Waals surface area contributed by atoms with Crippen LogP contribution >= 0.6 is 0 Å². The number of carboxylic acids is 2. The van der Waals surface area contributed by atoms with Gasteiger partial charge < -0.3 is 105 Å². The van der Waals surface area contributed by atoms with Gasteiger partial charge in [-0.2, -0.15) is 0 Å². The smallest absolute Gasteiger partial charge is 0.325 e. The molecule has 0 aliphatic carbocycles. The molecule has 0 unspecified atom stereocenters. The Balaban J connectivity index is 1.13. The third-order valence-electron chi connectivity index (χ3n) is 17.4. The summed E-state index contributed by atoms with van der Waals surface area (Å²) in [6.07, 6.45) is 0.887. The lowest BCUT2D eigenvalue weighted by atomic mass is 10.00. The predicted molar refractivity (Wildman–Crippen MR) is 359 cm³/mol. The molecule has 3 aliphatic heterocycles. The zero-order chi connectivity index (χ0) is 75.9. The molecule has 3 aromatic rings. The molecular weight excluding hydrogens is 1350 g/mol. The number of H-pyrrole nitrogens is 1. The van der Waals surface area contributed by atoms with Crippen molar-refractivity contribution < 1.29 is 97.1 Å². The van der Waals surface area contributed by atoms with E-state index in [0.717, 1.165) is 0 Å². The van der Waals surface area contributed by atoms with Crippen LogP contribution in [-0.4, -0.2) is 238 Å². The maximum absolute atomic E-state index is 14.8. The fourth-order valence-electron chi connectivity index (χ4n) is 12.0. The van der Waals surface area contributed by atoms with Crippen LogP contribution in [0.25, 0.3) is 0 Å². The Bertz CT molecular complexity index is 3600. The molecule has 37 heteroatoms. The minimum Gasteiger partial charge on any atom is -0.508 e. The number of carboxylic acid groups (broad SMARTS) is 2. The van der Waals surface area contributed by atoms with Crippen LogP contribution in [0.3, 0.4) is 0 Å². The van der Waals surface area contributed by atoms with Crippen molar-refractivity contribution in [2.45, 2.75) is 190 Å². The van der Waals surface area contributed by atoms with Crippen LogP contribution in [-0.2, 0) is 96.0 Å². The van der Waals surface area contributed by atoms with Gasteiger partial charge in [-0.05, 0) is 107 Å². The van der Waals surface area contributed by atoms with Gasteiger partial charge in [0.05, 0.1) is 31.8 Å². The molecule has 103 heavy (non-hydrogen) atoms. The number of hydrogen-bond donors (Lipinski definition) is 17. The van der Waals surface area contributed by atoms with Gasteiger partial charge in [0.15, 0.2) is 0 Å². The highest BCUT2D eigenvalue weighted by Crippen LogP contribution is 2.30. The number of carbonyl (C=O) groups is 16. The molecule has 0 bridgehead atoms. The second kappa shape index (κ2) is 38.0. The Kier molecular flexibility index (Phi) is 29.7. The number of likely N-dealkylation sites (tertiary alicyclic amines) is 3. The molecule has 3 aliphatic rings. The van der Waals surface area contributed by atoms with Gasteiger partial charge in [0.2, 0.25) is 82.7 Å². The predicted octanol–water partition coefficient (Wildman–Crippen LogP) is -5.07. The standard InChI is InChI=1S/C66H91N17O20/c1-33(2)24-42(77-60(96)44(26-37-13-17-40(85)18-14-37)76-56(92)41(67)19-20-51(68)86)59(95)80-47(28-52(69)87)63(99)82-22-6-9-49(82)65(101)83-23-7-10-50(83)64(100)81-21-5-8-48(81)62(98)79-43(25-36-11-15-39(84)16-12-36)58(94)74-34(3)55(91)75-46(29-54(89)90)61(97)78-45(27-38-30-70-32-72-38)57(93)71-31-53(88)73-35(4)66(102)103/h11-18,30,32-35,41-50,84-85H,5-10,19-29,31,67H2,1-4H3,(H2,68,86)(H2,69,87)(H,70,72)(H,71,93)(H,73,88)(H,74,94)(H,75,91)(H,76,92)(H,77,96)(H,78,97)(H,79,98)(H,80,95)(H,89,90)(H,102,103)/t34-,35-,41-,42-,43-,44-,45-,46-,47-,48-,49-,50-/m0/s1. The third kappa shape index (κ3) is 24.2. The average molecular weight is 1440 g/mol. The summed E-state index contributed by atoms with van der Waals surface area (Å²) in [5, 5.41) is 60.8. The summed E-state index contributed by atoms with van der Waals surface area (Å²) >= 11 is 0. The number of aromatic amines is 1. The quantitative estimate of drug-likeness (QED) is 0.0257. The van der Waals surface area contributed by atoms with Crippen molar-refractivity contribution in [3.05, 3.63) is 77.9 Å². The number of phenols is 2. The minimum absolute atomic E-state index is 0.0286. The highest BCUT2D eigenvalue weighted by Gasteiger charge is 2.47. The Hall–Kier alpha value is -11.3. The minimum atomic E-state index is -1.89. The second-order valence-electron chi connectivity index (χ2n) is 26.0. The van der Waals surface area contributed by atoms with Gasteiger partial charge in [0.25, 0.3) is 0 Å². The van der Waals surface area contributed by atoms with Crippen LogP contribution in [0.1, 0.15) is 115 Å². The van der Waals surface area contributed by atoms with Crippen molar-refractivity contribution in [3.63, 3.8) is 0 Å². The molecule has 2 aromatic carbocycles. The lowest BCUT2D eigenvalue weighted by molar-refractivity contribution is -0.151. The monoisotopic (exact) mass is 1440 g/mol. The number of carbonyl (C=O) groups excluding carboxylic acids is 14. The Morgan fingerprint density at radius 1 is 0.524 bits per heavy atom. The first-order chi connectivity index (χ1) is 48.7. The zero-order valence-electron chi connectivity index (χ0n) is 57.3. The van der Waals surface area contributed by atoms with Crippen LogP contribution in [0.2, 0.25) is 0 Å². The van der Waals surface area contributed by atoms with Gasteiger partial charge in [-0.25, -0.2) is 4.98 Å². The van der Waals surface area contributed by atoms with E-state index in [0.29, 0.717) is 29.7 Å². The van der Waals surface area contributed by atoms with Crippen LogP contribution < -0.4 is 65.1 Å². The molecule has 560 valence electrons. The number of nitrogens with one attached hydrogen (secondary N) is 10. The van der Waals surface area contributed by atoms with Crippen LogP contribution in [0, 0.1) is 5.92 Å². The van der Waals surface area contributed by atoms with E-state index in [4.69, 9.17) is 22.3 Å². The van der Waals surface area contributed by atoms with Gasteiger partial charge in [0, 0.05) is 57.2 Å². The third-order valence-corrected chi connectivity index (χ3v) is 17.4. The molecule has 6 rings (SSSR count). The van der Waals surface area contributed by atoms with E-state index in [1.54, 1.807) is 13.8 Å². The summed E-state index contributed by atoms with van der Waals surface area (Å²) < 4.78 is 0. The molecule has 4 heterocycles. The first-order valence-electron chi connectivity index (χ1n) is 33.6. The number of imidazole rings is 1. The summed E-state index contributed by atoms with van der Waals surface area (Å²) in [7, 11) is 0. The highest BCUT2D eigenvalue weighted by atomic mass is 16.4. The summed E-state index contributed by atoms with van der Waals surface area (Å²) in [4.78, 5) is 226. The lowest BCUT2D eigenvalue weighted by Crippen LogP contribution is -2.60. The molecule has 0 saturated carbocycles. The molecule has 0 radical (unpaired) electrons. The van der Waals surface area contributed by atoms with E-state index in [-0.39, 0.29) is 101 Å². The molecule has 12 atom stereocenters. The SMILES string of the molecule is CC(C)C[C@H](NC(=O)[C@H](Cc1ccc(O)cc1)NC(=O)[C@@H](N)CCC(N)=O)C(=O)N[C@@H](CC(N)=O)C(=O)N1CCC[C@H]1C(=O)N1CCC[C@H]1C(=O)N1CCC[C@H]1C(=O)N[C@@H](Cc1ccc(O)cc1)C(=O)N[C@@H](C)C(=O)N[C@@H](CC(=O)O)C(=O)N[C@@H](Cc1cnc[nH]1)C(=O)NCC(=O)N[C@@H](C)C(=O)O.